The van der Waals surface area contributed by atoms with E-state index in [0.29, 0.717) is 5.05 Å². The highest BCUT2D eigenvalue weighted by atomic mass is 32.1. The van der Waals surface area contributed by atoms with Crippen molar-refractivity contribution in [1.29, 1.82) is 0 Å². The average Bonchev–Trinajstić information content (AvgIpc) is 2.46. The molecule has 0 atom stereocenters. The second-order valence-corrected chi connectivity index (χ2v) is 5.35. The van der Waals surface area contributed by atoms with Gasteiger partial charge >= 0.3 is 0 Å². The molecule has 1 nitrogen and oxygen atoms in total. The summed E-state index contributed by atoms with van der Waals surface area (Å²) in [7, 11) is 0. The Labute approximate surface area is 123 Å². The molecule has 0 amide bonds. The van der Waals surface area contributed by atoms with E-state index in [9.17, 15) is 0 Å². The fourth-order valence-electron chi connectivity index (χ4n) is 2.06. The maximum Gasteiger partial charge on any atom is 0.191 e. The van der Waals surface area contributed by atoms with Crippen LogP contribution in [0.5, 0.6) is 0 Å². The Balaban J connectivity index is 1.95. The van der Waals surface area contributed by atoms with Crippen molar-refractivity contribution in [2.24, 2.45) is 0 Å². The number of benzene rings is 1. The molecule has 1 aromatic carbocycles. The Morgan fingerprint density at radius 1 is 0.895 bits per heavy atom. The molecule has 0 aliphatic carbocycles. The molecular formula is C17H26OS. The molecule has 0 aromatic heterocycles. The van der Waals surface area contributed by atoms with Crippen LogP contribution in [0.15, 0.2) is 30.3 Å². The van der Waals surface area contributed by atoms with Gasteiger partial charge in [0.25, 0.3) is 0 Å². The van der Waals surface area contributed by atoms with Gasteiger partial charge in [-0.3, -0.25) is 0 Å². The SMILES string of the molecule is CCCCCCCCCCOC(=S)c1ccccc1. The fourth-order valence-corrected chi connectivity index (χ4v) is 2.28. The predicted octanol–water partition coefficient (Wildman–Crippen LogP) is 5.52. The summed E-state index contributed by atoms with van der Waals surface area (Å²) >= 11 is 5.25. The lowest BCUT2D eigenvalue weighted by atomic mass is 10.1. The largest absolute Gasteiger partial charge is 0.483 e. The minimum absolute atomic E-state index is 0.628. The van der Waals surface area contributed by atoms with E-state index in [1.807, 2.05) is 30.3 Å². The molecule has 0 fully saturated rings. The summed E-state index contributed by atoms with van der Waals surface area (Å²) in [5.74, 6) is 0. The number of ether oxygens (including phenoxy) is 1. The topological polar surface area (TPSA) is 9.23 Å². The van der Waals surface area contributed by atoms with E-state index in [2.05, 4.69) is 6.92 Å². The minimum atomic E-state index is 0.628. The molecule has 0 N–H and O–H groups in total. The van der Waals surface area contributed by atoms with Gasteiger partial charge in [-0.2, -0.15) is 0 Å². The molecule has 0 aliphatic heterocycles. The van der Waals surface area contributed by atoms with Crippen molar-refractivity contribution >= 4 is 17.3 Å². The van der Waals surface area contributed by atoms with Crippen LogP contribution in [-0.4, -0.2) is 11.7 Å². The van der Waals surface area contributed by atoms with Gasteiger partial charge in [0, 0.05) is 5.56 Å². The van der Waals surface area contributed by atoms with Crippen molar-refractivity contribution in [3.63, 3.8) is 0 Å². The highest BCUT2D eigenvalue weighted by Crippen LogP contribution is 2.09. The summed E-state index contributed by atoms with van der Waals surface area (Å²) in [5, 5.41) is 0.628. The van der Waals surface area contributed by atoms with Gasteiger partial charge in [0.2, 0.25) is 0 Å². The molecule has 1 rings (SSSR count). The van der Waals surface area contributed by atoms with E-state index in [4.69, 9.17) is 17.0 Å². The van der Waals surface area contributed by atoms with E-state index in [1.54, 1.807) is 0 Å². The summed E-state index contributed by atoms with van der Waals surface area (Å²) in [4.78, 5) is 0. The Bertz CT molecular complexity index is 334. The maximum atomic E-state index is 5.60. The van der Waals surface area contributed by atoms with Crippen LogP contribution in [0.25, 0.3) is 0 Å². The number of unbranched alkanes of at least 4 members (excludes halogenated alkanes) is 7. The quantitative estimate of drug-likeness (QED) is 0.411. The number of rotatable bonds is 10. The minimum Gasteiger partial charge on any atom is -0.483 e. The van der Waals surface area contributed by atoms with Gasteiger partial charge < -0.3 is 4.74 Å². The van der Waals surface area contributed by atoms with Crippen molar-refractivity contribution in [2.45, 2.75) is 58.3 Å². The Hall–Kier alpha value is -0.890. The van der Waals surface area contributed by atoms with Crippen LogP contribution in [-0.2, 0) is 4.74 Å². The van der Waals surface area contributed by atoms with Gasteiger partial charge in [-0.1, -0.05) is 82.2 Å². The fraction of sp³-hybridized carbons (Fsp3) is 0.588. The van der Waals surface area contributed by atoms with Crippen LogP contribution < -0.4 is 0 Å². The Kier molecular flexibility index (Phi) is 9.34. The third kappa shape index (κ3) is 7.99. The third-order valence-electron chi connectivity index (χ3n) is 3.24. The molecule has 1 aromatic rings. The van der Waals surface area contributed by atoms with Crippen LogP contribution in [0.1, 0.15) is 63.9 Å². The zero-order valence-electron chi connectivity index (χ0n) is 12.1. The first kappa shape index (κ1) is 16.2. The van der Waals surface area contributed by atoms with Crippen molar-refractivity contribution in [1.82, 2.24) is 0 Å². The number of hydrogen-bond acceptors (Lipinski definition) is 2. The van der Waals surface area contributed by atoms with E-state index >= 15 is 0 Å². The van der Waals surface area contributed by atoms with Crippen molar-refractivity contribution in [2.75, 3.05) is 6.61 Å². The molecule has 0 bridgehead atoms. The van der Waals surface area contributed by atoms with Gasteiger partial charge in [0.1, 0.15) is 0 Å². The van der Waals surface area contributed by atoms with Gasteiger partial charge in [-0.05, 0) is 18.6 Å². The first-order valence-corrected chi connectivity index (χ1v) is 7.97. The molecule has 0 unspecified atom stereocenters. The van der Waals surface area contributed by atoms with Gasteiger partial charge in [0.05, 0.1) is 6.61 Å². The first-order valence-electron chi connectivity index (χ1n) is 7.56. The summed E-state index contributed by atoms with van der Waals surface area (Å²) < 4.78 is 5.60. The van der Waals surface area contributed by atoms with Crippen molar-refractivity contribution in [3.8, 4) is 0 Å². The summed E-state index contributed by atoms with van der Waals surface area (Å²) in [6, 6.07) is 9.96. The van der Waals surface area contributed by atoms with E-state index in [-0.39, 0.29) is 0 Å². The van der Waals surface area contributed by atoms with Gasteiger partial charge in [-0.25, -0.2) is 0 Å². The van der Waals surface area contributed by atoms with Crippen molar-refractivity contribution in [3.05, 3.63) is 35.9 Å². The highest BCUT2D eigenvalue weighted by Gasteiger charge is 2.00. The maximum absolute atomic E-state index is 5.60. The Morgan fingerprint density at radius 3 is 2.11 bits per heavy atom. The monoisotopic (exact) mass is 278 g/mol. The summed E-state index contributed by atoms with van der Waals surface area (Å²) in [6.07, 6.45) is 10.5. The van der Waals surface area contributed by atoms with Crippen LogP contribution >= 0.6 is 12.2 Å². The molecule has 2 heteroatoms. The van der Waals surface area contributed by atoms with Crippen LogP contribution in [0, 0.1) is 0 Å². The van der Waals surface area contributed by atoms with Crippen LogP contribution in [0.2, 0.25) is 0 Å². The zero-order valence-corrected chi connectivity index (χ0v) is 12.9. The standard InChI is InChI=1S/C17H26OS/c1-2-3-4-5-6-7-8-12-15-18-17(19)16-13-10-9-11-14-16/h9-11,13-14H,2-8,12,15H2,1H3. The highest BCUT2D eigenvalue weighted by molar-refractivity contribution is 7.80. The smallest absolute Gasteiger partial charge is 0.191 e. The molecule has 106 valence electrons. The first-order chi connectivity index (χ1) is 9.34. The third-order valence-corrected chi connectivity index (χ3v) is 3.59. The Morgan fingerprint density at radius 2 is 1.47 bits per heavy atom. The lowest BCUT2D eigenvalue weighted by molar-refractivity contribution is 0.300. The average molecular weight is 278 g/mol. The molecule has 0 spiro atoms. The van der Waals surface area contributed by atoms with Gasteiger partial charge in [-0.15, -0.1) is 0 Å². The predicted molar refractivity (Wildman–Crippen MR) is 86.7 cm³/mol. The molecule has 0 radical (unpaired) electrons. The summed E-state index contributed by atoms with van der Waals surface area (Å²) in [5.41, 5.74) is 1.01. The molecule has 0 saturated heterocycles. The van der Waals surface area contributed by atoms with Gasteiger partial charge in [0.15, 0.2) is 5.05 Å². The van der Waals surface area contributed by atoms with Crippen LogP contribution in [0.4, 0.5) is 0 Å². The second-order valence-electron chi connectivity index (χ2n) is 4.98. The number of hydrogen-bond donors (Lipinski definition) is 0. The molecule has 0 saturated carbocycles. The number of thiocarbonyl (C=S) groups is 1. The molecular weight excluding hydrogens is 252 g/mol. The van der Waals surface area contributed by atoms with E-state index < -0.39 is 0 Å². The summed E-state index contributed by atoms with van der Waals surface area (Å²) in [6.45, 7) is 3.01. The van der Waals surface area contributed by atoms with E-state index in [1.165, 1.54) is 44.9 Å². The molecule has 19 heavy (non-hydrogen) atoms. The van der Waals surface area contributed by atoms with E-state index in [0.717, 1.165) is 18.6 Å². The lowest BCUT2D eigenvalue weighted by Gasteiger charge is -2.07. The molecule has 0 aliphatic rings. The van der Waals surface area contributed by atoms with Crippen LogP contribution in [0.3, 0.4) is 0 Å². The zero-order chi connectivity index (χ0) is 13.8. The normalized spacial score (nSPS) is 10.4. The molecule has 0 heterocycles. The van der Waals surface area contributed by atoms with Crippen molar-refractivity contribution < 1.29 is 4.74 Å². The lowest BCUT2D eigenvalue weighted by Crippen LogP contribution is -2.04. The second kappa shape index (κ2) is 11.0.